The molecule has 2 N–H and O–H groups in total. The fourth-order valence-electron chi connectivity index (χ4n) is 1.10. The van der Waals surface area contributed by atoms with Crippen LogP contribution in [0.3, 0.4) is 0 Å². The lowest BCUT2D eigenvalue weighted by atomic mass is 10.3. The second kappa shape index (κ2) is 3.08. The molecule has 6 heteroatoms. The molecule has 2 aromatic heterocycles. The smallest absolute Gasteiger partial charge is 0.497 e. The minimum atomic E-state index is -1.82. The number of rotatable bonds is 2. The van der Waals surface area contributed by atoms with E-state index in [9.17, 15) is 0 Å². The second-order valence-electron chi connectivity index (χ2n) is 2.47. The van der Waals surface area contributed by atoms with Crippen molar-refractivity contribution < 1.29 is 14.7 Å². The zero-order valence-corrected chi connectivity index (χ0v) is 6.66. The van der Waals surface area contributed by atoms with Gasteiger partial charge >= 0.3 is 7.32 Å². The molecule has 0 atom stereocenters. The van der Waals surface area contributed by atoms with Crippen LogP contribution in [0.15, 0.2) is 30.6 Å². The van der Waals surface area contributed by atoms with Crippen LogP contribution in [0, 0.1) is 0 Å². The molecule has 0 bridgehead atoms. The van der Waals surface area contributed by atoms with Crippen molar-refractivity contribution in [1.29, 1.82) is 0 Å². The second-order valence-corrected chi connectivity index (χ2v) is 2.47. The van der Waals surface area contributed by atoms with Gasteiger partial charge in [0, 0.05) is 6.20 Å². The van der Waals surface area contributed by atoms with Crippen molar-refractivity contribution >= 4 is 13.0 Å². The van der Waals surface area contributed by atoms with Gasteiger partial charge in [0.05, 0.1) is 6.20 Å². The van der Waals surface area contributed by atoms with Crippen LogP contribution in [0.5, 0.6) is 5.88 Å². The van der Waals surface area contributed by atoms with Crippen LogP contribution >= 0.6 is 0 Å². The largest absolute Gasteiger partial charge is 0.708 e. The first-order chi connectivity index (χ1) is 6.27. The highest BCUT2D eigenvalue weighted by atomic mass is 16.6. The molecule has 0 unspecified atom stereocenters. The summed E-state index contributed by atoms with van der Waals surface area (Å²) < 4.78 is 6.29. The maximum atomic E-state index is 8.58. The summed E-state index contributed by atoms with van der Waals surface area (Å²) in [7, 11) is -1.82. The molecule has 0 radical (unpaired) electrons. The Balaban J connectivity index is 2.46. The van der Waals surface area contributed by atoms with E-state index in [1.54, 1.807) is 22.7 Å². The van der Waals surface area contributed by atoms with E-state index in [0.29, 0.717) is 11.5 Å². The van der Waals surface area contributed by atoms with Crippen molar-refractivity contribution in [3.63, 3.8) is 0 Å². The average molecular weight is 178 g/mol. The molecule has 5 nitrogen and oxygen atoms in total. The van der Waals surface area contributed by atoms with Crippen molar-refractivity contribution in [2.24, 2.45) is 0 Å². The number of hydrogen-bond donors (Lipinski definition) is 2. The van der Waals surface area contributed by atoms with Crippen LogP contribution in [0.25, 0.3) is 5.65 Å². The molecular weight excluding hydrogens is 171 g/mol. The van der Waals surface area contributed by atoms with Crippen LogP contribution < -0.4 is 4.65 Å². The van der Waals surface area contributed by atoms with Gasteiger partial charge in [-0.25, -0.2) is 4.98 Å². The van der Waals surface area contributed by atoms with Gasteiger partial charge in [-0.2, -0.15) is 0 Å². The first-order valence-corrected chi connectivity index (χ1v) is 3.72. The van der Waals surface area contributed by atoms with Gasteiger partial charge in [-0.1, -0.05) is 6.07 Å². The predicted octanol–water partition coefficient (Wildman–Crippen LogP) is -0.317. The molecule has 0 spiro atoms. The Morgan fingerprint density at radius 3 is 3.00 bits per heavy atom. The van der Waals surface area contributed by atoms with E-state index < -0.39 is 7.32 Å². The van der Waals surface area contributed by atoms with Crippen molar-refractivity contribution in [2.75, 3.05) is 0 Å². The first-order valence-electron chi connectivity index (χ1n) is 3.72. The molecule has 0 aliphatic heterocycles. The van der Waals surface area contributed by atoms with Gasteiger partial charge in [0.2, 0.25) is 5.88 Å². The normalized spacial score (nSPS) is 10.3. The Morgan fingerprint density at radius 1 is 1.38 bits per heavy atom. The van der Waals surface area contributed by atoms with Gasteiger partial charge in [-0.15, -0.1) is 0 Å². The Hall–Kier alpha value is -1.53. The molecule has 0 aliphatic rings. The van der Waals surface area contributed by atoms with Crippen LogP contribution in [0.1, 0.15) is 0 Å². The third-order valence-corrected chi connectivity index (χ3v) is 1.61. The lowest BCUT2D eigenvalue weighted by molar-refractivity contribution is 0.282. The Labute approximate surface area is 74.4 Å². The number of pyridine rings is 1. The monoisotopic (exact) mass is 178 g/mol. The van der Waals surface area contributed by atoms with E-state index in [2.05, 4.69) is 9.64 Å². The average Bonchev–Trinajstić information content (AvgIpc) is 2.48. The Kier molecular flexibility index (Phi) is 1.92. The van der Waals surface area contributed by atoms with E-state index in [-0.39, 0.29) is 0 Å². The van der Waals surface area contributed by atoms with Gasteiger partial charge < -0.3 is 14.7 Å². The first kappa shape index (κ1) is 8.09. The molecule has 66 valence electrons. The number of fused-ring (bicyclic) bond motifs is 1. The van der Waals surface area contributed by atoms with Gasteiger partial charge in [-0.3, -0.25) is 4.40 Å². The summed E-state index contributed by atoms with van der Waals surface area (Å²) in [5.41, 5.74) is 0.693. The zero-order valence-electron chi connectivity index (χ0n) is 6.66. The quantitative estimate of drug-likeness (QED) is 0.618. The van der Waals surface area contributed by atoms with Gasteiger partial charge in [0.15, 0.2) is 0 Å². The van der Waals surface area contributed by atoms with Crippen LogP contribution in [-0.2, 0) is 0 Å². The fourth-order valence-corrected chi connectivity index (χ4v) is 1.10. The van der Waals surface area contributed by atoms with Crippen LogP contribution in [-0.4, -0.2) is 26.8 Å². The van der Waals surface area contributed by atoms with E-state index in [1.807, 2.05) is 6.07 Å². The van der Waals surface area contributed by atoms with Gasteiger partial charge in [0.25, 0.3) is 0 Å². The highest BCUT2D eigenvalue weighted by Gasteiger charge is 2.13. The summed E-state index contributed by atoms with van der Waals surface area (Å²) in [4.78, 5) is 3.99. The Morgan fingerprint density at radius 2 is 2.23 bits per heavy atom. The number of imidazole rings is 1. The van der Waals surface area contributed by atoms with Crippen molar-refractivity contribution in [3.8, 4) is 5.88 Å². The zero-order chi connectivity index (χ0) is 9.26. The topological polar surface area (TPSA) is 67.0 Å². The summed E-state index contributed by atoms with van der Waals surface area (Å²) in [5, 5.41) is 17.2. The van der Waals surface area contributed by atoms with Crippen molar-refractivity contribution in [3.05, 3.63) is 30.6 Å². The maximum absolute atomic E-state index is 8.58. The summed E-state index contributed by atoms with van der Waals surface area (Å²) in [6, 6.07) is 5.42. The molecule has 2 rings (SSSR count). The third kappa shape index (κ3) is 1.49. The molecule has 0 amide bonds. The highest BCUT2D eigenvalue weighted by Crippen LogP contribution is 2.13. The molecule has 2 heterocycles. The SMILES string of the molecule is OB(O)Oc1cnc2ccccn12. The minimum absolute atomic E-state index is 0.297. The summed E-state index contributed by atoms with van der Waals surface area (Å²) in [6.45, 7) is 0. The molecule has 0 saturated carbocycles. The van der Waals surface area contributed by atoms with Gasteiger partial charge in [0.1, 0.15) is 5.65 Å². The number of nitrogens with zero attached hydrogens (tertiary/aromatic N) is 2. The lowest BCUT2D eigenvalue weighted by Crippen LogP contribution is -2.21. The molecule has 0 saturated heterocycles. The van der Waals surface area contributed by atoms with Crippen LogP contribution in [0.2, 0.25) is 0 Å². The number of aromatic nitrogens is 2. The van der Waals surface area contributed by atoms with Crippen molar-refractivity contribution in [2.45, 2.75) is 0 Å². The van der Waals surface area contributed by atoms with Crippen molar-refractivity contribution in [1.82, 2.24) is 9.38 Å². The number of hydrogen-bond acceptors (Lipinski definition) is 4. The Bertz CT molecular complexity index is 415. The highest BCUT2D eigenvalue weighted by molar-refractivity contribution is 6.33. The van der Waals surface area contributed by atoms with E-state index in [0.717, 1.165) is 0 Å². The van der Waals surface area contributed by atoms with E-state index in [4.69, 9.17) is 10.0 Å². The molecule has 13 heavy (non-hydrogen) atoms. The summed E-state index contributed by atoms with van der Waals surface area (Å²) >= 11 is 0. The standard InChI is InChI=1S/C7H7BN2O3/c11-8(12)13-7-5-9-6-3-1-2-4-10(6)7/h1-5,11-12H. The minimum Gasteiger partial charge on any atom is -0.497 e. The predicted molar refractivity (Wildman–Crippen MR) is 46.0 cm³/mol. The third-order valence-electron chi connectivity index (χ3n) is 1.61. The maximum Gasteiger partial charge on any atom is 0.708 e. The molecule has 0 aromatic carbocycles. The van der Waals surface area contributed by atoms with E-state index in [1.165, 1.54) is 6.20 Å². The molecule has 0 aliphatic carbocycles. The lowest BCUT2D eigenvalue weighted by Gasteiger charge is -2.02. The van der Waals surface area contributed by atoms with Gasteiger partial charge in [-0.05, 0) is 12.1 Å². The molecule has 2 aromatic rings. The summed E-state index contributed by atoms with van der Waals surface area (Å²) in [5.74, 6) is 0.297. The summed E-state index contributed by atoms with van der Waals surface area (Å²) in [6.07, 6.45) is 3.15. The van der Waals surface area contributed by atoms with Crippen LogP contribution in [0.4, 0.5) is 0 Å². The molecule has 0 fully saturated rings. The molecular formula is C7H7BN2O3. The van der Waals surface area contributed by atoms with E-state index >= 15 is 0 Å². The fraction of sp³-hybridized carbons (Fsp3) is 0.